The maximum Gasteiger partial charge on any atom is 0.252 e. The van der Waals surface area contributed by atoms with E-state index in [9.17, 15) is 0 Å². The topological polar surface area (TPSA) is 32.3 Å². The summed E-state index contributed by atoms with van der Waals surface area (Å²) in [6, 6.07) is 75.7. The number of hydrogen-bond acceptors (Lipinski definition) is 4. The first kappa shape index (κ1) is 47.9. The van der Waals surface area contributed by atoms with Crippen LogP contribution in [-0.2, 0) is 16.2 Å². The summed E-state index contributed by atoms with van der Waals surface area (Å²) in [5.41, 5.74) is 19.5. The van der Waals surface area contributed by atoms with E-state index >= 15 is 0 Å². The van der Waals surface area contributed by atoms with Crippen LogP contribution in [0.15, 0.2) is 200 Å². The molecule has 2 aliphatic rings. The van der Waals surface area contributed by atoms with Crippen molar-refractivity contribution < 1.29 is 0 Å². The van der Waals surface area contributed by atoms with Crippen LogP contribution in [0.2, 0.25) is 0 Å². The Morgan fingerprint density at radius 1 is 0.372 bits per heavy atom. The minimum atomic E-state index is -0.118. The third kappa shape index (κ3) is 7.57. The molecule has 4 nitrogen and oxygen atoms in total. The van der Waals surface area contributed by atoms with Gasteiger partial charge in [-0.05, 0) is 143 Å². The molecule has 0 saturated heterocycles. The van der Waals surface area contributed by atoms with Crippen LogP contribution in [-0.4, -0.2) is 16.7 Å². The van der Waals surface area contributed by atoms with E-state index in [4.69, 9.17) is 9.97 Å². The molecule has 0 amide bonds. The molecule has 1 aromatic heterocycles. The van der Waals surface area contributed by atoms with Gasteiger partial charge in [0, 0.05) is 61.4 Å². The third-order valence-corrected chi connectivity index (χ3v) is 16.9. The van der Waals surface area contributed by atoms with E-state index in [1.165, 1.54) is 93.1 Å². The first-order chi connectivity index (χ1) is 37.5. The number of fused-ring (bicyclic) bond motifs is 13. The van der Waals surface area contributed by atoms with E-state index in [1.807, 2.05) is 0 Å². The lowest BCUT2D eigenvalue weighted by atomic mass is 9.33. The van der Waals surface area contributed by atoms with Crippen molar-refractivity contribution in [1.29, 1.82) is 0 Å². The minimum Gasteiger partial charge on any atom is -0.311 e. The van der Waals surface area contributed by atoms with Gasteiger partial charge in [0.25, 0.3) is 6.71 Å². The zero-order chi connectivity index (χ0) is 53.6. The van der Waals surface area contributed by atoms with Crippen LogP contribution in [0.1, 0.15) is 84.6 Å². The summed E-state index contributed by atoms with van der Waals surface area (Å²) in [4.78, 5) is 16.5. The minimum absolute atomic E-state index is 0.0228. The quantitative estimate of drug-likeness (QED) is 0.130. The van der Waals surface area contributed by atoms with Crippen molar-refractivity contribution in [3.8, 4) is 22.6 Å². The fourth-order valence-electron chi connectivity index (χ4n) is 12.8. The lowest BCUT2D eigenvalue weighted by molar-refractivity contribution is 0.590. The van der Waals surface area contributed by atoms with Crippen LogP contribution in [0.3, 0.4) is 0 Å². The second kappa shape index (κ2) is 17.2. The molecule has 5 heteroatoms. The van der Waals surface area contributed by atoms with Crippen LogP contribution >= 0.6 is 0 Å². The molecule has 12 aromatic rings. The van der Waals surface area contributed by atoms with Gasteiger partial charge in [0.15, 0.2) is 5.82 Å². The van der Waals surface area contributed by atoms with E-state index in [1.54, 1.807) is 0 Å². The van der Waals surface area contributed by atoms with Gasteiger partial charge in [-0.3, -0.25) is 0 Å². The highest BCUT2D eigenvalue weighted by Gasteiger charge is 2.45. The molecule has 0 atom stereocenters. The van der Waals surface area contributed by atoms with Crippen LogP contribution in [0.5, 0.6) is 0 Å². The number of aromatic nitrogens is 2. The molecule has 0 unspecified atom stereocenters. The van der Waals surface area contributed by atoms with Gasteiger partial charge in [-0.2, -0.15) is 0 Å². The summed E-state index contributed by atoms with van der Waals surface area (Å²) in [5.74, 6) is 0.689. The molecule has 78 heavy (non-hydrogen) atoms. The monoisotopic (exact) mass is 1010 g/mol. The first-order valence-electron chi connectivity index (χ1n) is 27.8. The molecule has 2 aliphatic heterocycles. The van der Waals surface area contributed by atoms with Crippen molar-refractivity contribution in [2.75, 3.05) is 9.80 Å². The fraction of sp³-hybridized carbons (Fsp3) is 0.178. The molecule has 0 fully saturated rings. The molecular weight excluding hydrogens is 944 g/mol. The van der Waals surface area contributed by atoms with Crippen LogP contribution < -0.4 is 26.2 Å². The second-order valence-electron chi connectivity index (χ2n) is 25.1. The molecule has 0 spiro atoms. The number of aryl methyl sites for hydroxylation is 1. The molecule has 3 heterocycles. The normalized spacial score (nSPS) is 13.4. The van der Waals surface area contributed by atoms with Crippen molar-refractivity contribution in [2.45, 2.75) is 85.5 Å². The summed E-state index contributed by atoms with van der Waals surface area (Å²) in [7, 11) is 0. The highest BCUT2D eigenvalue weighted by molar-refractivity contribution is 7.01. The SMILES string of the molecule is Cc1cc(-c2nc(-c3cc4c5c(c3)N(c3ccc(C(C)(C)C)cc3)c3c(ccc6c3ccc3ccccc36)B5c3ccc5c(ccc6ccccc65)c3N4c3ccc(C(C)(C)C)cc3)nc3ccccc23)cc(C(C)(C)C)c1. The van der Waals surface area contributed by atoms with Crippen molar-refractivity contribution >= 4 is 111 Å². The molecule has 0 radical (unpaired) electrons. The summed E-state index contributed by atoms with van der Waals surface area (Å²) < 4.78 is 0. The smallest absolute Gasteiger partial charge is 0.252 e. The van der Waals surface area contributed by atoms with Crippen molar-refractivity contribution in [3.63, 3.8) is 0 Å². The van der Waals surface area contributed by atoms with Gasteiger partial charge in [-0.15, -0.1) is 0 Å². The van der Waals surface area contributed by atoms with Gasteiger partial charge >= 0.3 is 0 Å². The van der Waals surface area contributed by atoms with Crippen LogP contribution in [0.25, 0.3) is 76.6 Å². The summed E-state index contributed by atoms with van der Waals surface area (Å²) in [6.07, 6.45) is 0. The van der Waals surface area contributed by atoms with Gasteiger partial charge in [0.2, 0.25) is 0 Å². The van der Waals surface area contributed by atoms with Crippen LogP contribution in [0, 0.1) is 6.92 Å². The maximum absolute atomic E-state index is 5.75. The number of benzene rings is 11. The van der Waals surface area contributed by atoms with E-state index in [0.29, 0.717) is 5.82 Å². The number of anilines is 6. The summed E-state index contributed by atoms with van der Waals surface area (Å²) >= 11 is 0. The van der Waals surface area contributed by atoms with Crippen molar-refractivity contribution in [2.24, 2.45) is 0 Å². The molecule has 0 N–H and O–H groups in total. The van der Waals surface area contributed by atoms with Crippen LogP contribution in [0.4, 0.5) is 34.1 Å². The average Bonchev–Trinajstić information content (AvgIpc) is 2.28. The molecule has 14 rings (SSSR count). The second-order valence-corrected chi connectivity index (χ2v) is 25.1. The Bertz CT molecular complexity index is 4250. The highest BCUT2D eigenvalue weighted by Crippen LogP contribution is 2.50. The van der Waals surface area contributed by atoms with Gasteiger partial charge in [-0.1, -0.05) is 213 Å². The van der Waals surface area contributed by atoms with Gasteiger partial charge in [0.05, 0.1) is 11.2 Å². The zero-order valence-corrected chi connectivity index (χ0v) is 46.4. The Balaban J connectivity index is 1.14. The van der Waals surface area contributed by atoms with Gasteiger partial charge in [0.1, 0.15) is 0 Å². The van der Waals surface area contributed by atoms with E-state index in [0.717, 1.165) is 50.5 Å². The number of para-hydroxylation sites is 1. The first-order valence-corrected chi connectivity index (χ1v) is 27.8. The molecular formula is C73H63BN4. The van der Waals surface area contributed by atoms with E-state index < -0.39 is 0 Å². The molecule has 0 bridgehead atoms. The Morgan fingerprint density at radius 3 is 1.33 bits per heavy atom. The van der Waals surface area contributed by atoms with E-state index in [-0.39, 0.29) is 23.0 Å². The predicted molar refractivity (Wildman–Crippen MR) is 335 cm³/mol. The number of nitrogens with zero attached hydrogens (tertiary/aromatic N) is 4. The van der Waals surface area contributed by atoms with Crippen molar-refractivity contribution in [3.05, 3.63) is 222 Å². The Morgan fingerprint density at radius 2 is 0.833 bits per heavy atom. The molecule has 0 aliphatic carbocycles. The Hall–Kier alpha value is -8.54. The summed E-state index contributed by atoms with van der Waals surface area (Å²) in [6.45, 7) is 22.7. The third-order valence-electron chi connectivity index (χ3n) is 16.9. The fourth-order valence-corrected chi connectivity index (χ4v) is 12.8. The zero-order valence-electron chi connectivity index (χ0n) is 46.4. The van der Waals surface area contributed by atoms with Gasteiger partial charge < -0.3 is 9.80 Å². The lowest BCUT2D eigenvalue weighted by Gasteiger charge is -2.45. The predicted octanol–water partition coefficient (Wildman–Crippen LogP) is 17.9. The lowest BCUT2D eigenvalue weighted by Crippen LogP contribution is -2.61. The number of hydrogen-bond donors (Lipinski definition) is 0. The highest BCUT2D eigenvalue weighted by atomic mass is 15.2. The molecule has 11 aromatic carbocycles. The Kier molecular flexibility index (Phi) is 10.6. The molecule has 378 valence electrons. The van der Waals surface area contributed by atoms with E-state index in [2.05, 4.69) is 279 Å². The maximum atomic E-state index is 5.75. The van der Waals surface area contributed by atoms with Crippen molar-refractivity contribution in [1.82, 2.24) is 9.97 Å². The summed E-state index contributed by atoms with van der Waals surface area (Å²) in [5, 5.41) is 10.9. The van der Waals surface area contributed by atoms with Gasteiger partial charge in [-0.25, -0.2) is 9.97 Å². The molecule has 0 saturated carbocycles. The number of rotatable bonds is 4. The standard InChI is InChI=1S/C73H63BN4/c1-44-39-47(41-51(40-44)73(8,9)10)67-60-21-15-16-22-63(60)75-70(76-67)48-42-64-66-65(43-48)78(53-31-27-50(28-32-53)72(5,6)7)69-59-34-24-46-18-12-14-20-55(46)57(59)36-38-62(69)74(66)61-37-35-56-54-19-13-11-17-45(54)23-33-58(56)68(61)77(64)52-29-25-49(26-30-52)71(2,3)4/h11-43H,1-10H3. The largest absolute Gasteiger partial charge is 0.311 e. The average molecular weight is 1010 g/mol. The Labute approximate surface area is 459 Å².